The fraction of sp³-hybridized carbons (Fsp3) is 0.240. The largest absolute Gasteiger partial charge is 0.493 e. The molecule has 0 saturated carbocycles. The molecule has 0 N–H and O–H groups in total. The Balaban J connectivity index is 2.02. The highest BCUT2D eigenvalue weighted by Gasteiger charge is 2.35. The van der Waals surface area contributed by atoms with E-state index in [1.807, 2.05) is 30.3 Å². The Hall–Kier alpha value is -2.69. The number of methoxy groups -OCH3 is 2. The molecule has 3 aromatic rings. The second kappa shape index (κ2) is 10.5. The summed E-state index contributed by atoms with van der Waals surface area (Å²) < 4.78 is 19.9. The number of benzene rings is 2. The van der Waals surface area contributed by atoms with Crippen LogP contribution in [-0.2, 0) is 9.53 Å². The predicted octanol–water partition coefficient (Wildman–Crippen LogP) is 4.34. The van der Waals surface area contributed by atoms with Gasteiger partial charge in [0.05, 0.1) is 42.7 Å². The second-order valence-corrected chi connectivity index (χ2v) is 10.4. The van der Waals surface area contributed by atoms with Crippen molar-refractivity contribution in [2.45, 2.75) is 19.9 Å². The number of hydrogen-bond donors (Lipinski definition) is 0. The number of esters is 1. The quantitative estimate of drug-likeness (QED) is 0.383. The lowest BCUT2D eigenvalue weighted by Gasteiger charge is -2.26. The molecule has 0 amide bonds. The van der Waals surface area contributed by atoms with Crippen molar-refractivity contribution in [1.82, 2.24) is 4.57 Å². The minimum absolute atomic E-state index is 0.197. The fourth-order valence-electron chi connectivity index (χ4n) is 3.91. The Labute approximate surface area is 222 Å². The van der Waals surface area contributed by atoms with E-state index in [0.717, 1.165) is 10.0 Å². The number of nitrogens with zero attached hydrogens (tertiary/aromatic N) is 2. The Morgan fingerprint density at radius 1 is 1.17 bits per heavy atom. The number of hydrogen-bond acceptors (Lipinski definition) is 7. The average Bonchev–Trinajstić information content (AvgIpc) is 3.12. The molecule has 0 aliphatic carbocycles. The molecule has 0 bridgehead atoms. The van der Waals surface area contributed by atoms with Crippen LogP contribution < -0.4 is 24.4 Å². The summed E-state index contributed by atoms with van der Waals surface area (Å²) in [4.78, 5) is 31.9. The van der Waals surface area contributed by atoms with Gasteiger partial charge in [0.1, 0.15) is 0 Å². The van der Waals surface area contributed by atoms with Crippen molar-refractivity contribution in [1.29, 1.82) is 0 Å². The molecule has 0 unspecified atom stereocenters. The van der Waals surface area contributed by atoms with Gasteiger partial charge in [-0.25, -0.2) is 9.79 Å². The van der Waals surface area contributed by atoms with Crippen molar-refractivity contribution in [3.8, 4) is 11.5 Å². The van der Waals surface area contributed by atoms with E-state index >= 15 is 0 Å². The molecular weight excluding hydrogens is 600 g/mol. The van der Waals surface area contributed by atoms with Crippen molar-refractivity contribution in [3.05, 3.63) is 87.4 Å². The maximum absolute atomic E-state index is 13.7. The molecule has 7 nitrogen and oxygen atoms in total. The topological polar surface area (TPSA) is 79.1 Å². The summed E-state index contributed by atoms with van der Waals surface area (Å²) in [6, 6.07) is 10.4. The molecule has 0 spiro atoms. The highest BCUT2D eigenvalue weighted by molar-refractivity contribution is 9.10. The van der Waals surface area contributed by atoms with Crippen LogP contribution in [0, 0.1) is 0 Å². The summed E-state index contributed by atoms with van der Waals surface area (Å²) in [6.07, 6.45) is 1.82. The Kier molecular flexibility index (Phi) is 7.63. The lowest BCUT2D eigenvalue weighted by molar-refractivity contribution is -0.139. The van der Waals surface area contributed by atoms with Crippen LogP contribution in [0.25, 0.3) is 6.08 Å². The second-order valence-electron chi connectivity index (χ2n) is 7.59. The van der Waals surface area contributed by atoms with Gasteiger partial charge in [-0.05, 0) is 55.3 Å². The number of aromatic nitrogens is 1. The lowest BCUT2D eigenvalue weighted by atomic mass is 9.95. The summed E-state index contributed by atoms with van der Waals surface area (Å²) in [7, 11) is 3.08. The first-order valence-electron chi connectivity index (χ1n) is 10.7. The summed E-state index contributed by atoms with van der Waals surface area (Å²) in [5.74, 6) is 0.463. The molecule has 1 atom stereocenters. The van der Waals surface area contributed by atoms with E-state index < -0.39 is 12.0 Å². The van der Waals surface area contributed by atoms with E-state index in [0.29, 0.717) is 42.1 Å². The standard InChI is InChI=1S/C25H22Br2N2O5S/c1-5-34-24(31)21-13(2)28-25-29(22(21)16-11-18(32-3)19(33-4)12-17(16)27)23(30)20(35-25)10-14-7-6-8-15(26)9-14/h6-12,22H,5H2,1-4H3/b20-10-/t22-/m1/s1. The number of carbonyl (C=O) groups is 1. The number of thiazole rings is 1. The third kappa shape index (κ3) is 4.87. The molecule has 1 aliphatic heterocycles. The Morgan fingerprint density at radius 3 is 2.54 bits per heavy atom. The van der Waals surface area contributed by atoms with Gasteiger partial charge in [-0.1, -0.05) is 55.3 Å². The van der Waals surface area contributed by atoms with Crippen LogP contribution in [0.2, 0.25) is 0 Å². The molecule has 1 aliphatic rings. The van der Waals surface area contributed by atoms with Gasteiger partial charge in [-0.3, -0.25) is 9.36 Å². The Morgan fingerprint density at radius 2 is 1.89 bits per heavy atom. The number of halogens is 2. The van der Waals surface area contributed by atoms with Crippen molar-refractivity contribution < 1.29 is 19.0 Å². The van der Waals surface area contributed by atoms with Gasteiger partial charge in [0.15, 0.2) is 16.3 Å². The van der Waals surface area contributed by atoms with E-state index in [-0.39, 0.29) is 12.2 Å². The highest BCUT2D eigenvalue weighted by Crippen LogP contribution is 2.40. The van der Waals surface area contributed by atoms with Crippen LogP contribution in [0.3, 0.4) is 0 Å². The molecule has 0 saturated heterocycles. The van der Waals surface area contributed by atoms with Crippen molar-refractivity contribution in [3.63, 3.8) is 0 Å². The van der Waals surface area contributed by atoms with E-state index in [4.69, 9.17) is 14.2 Å². The maximum atomic E-state index is 13.7. The first kappa shape index (κ1) is 25.4. The minimum Gasteiger partial charge on any atom is -0.493 e. The monoisotopic (exact) mass is 620 g/mol. The van der Waals surface area contributed by atoms with Crippen LogP contribution in [-0.4, -0.2) is 31.4 Å². The molecule has 1 aromatic heterocycles. The highest BCUT2D eigenvalue weighted by atomic mass is 79.9. The average molecular weight is 622 g/mol. The van der Waals surface area contributed by atoms with Crippen LogP contribution in [0.1, 0.15) is 31.0 Å². The van der Waals surface area contributed by atoms with Gasteiger partial charge in [-0.2, -0.15) is 0 Å². The number of carbonyl (C=O) groups excluding carboxylic acids is 1. The number of rotatable bonds is 6. The maximum Gasteiger partial charge on any atom is 0.338 e. The van der Waals surface area contributed by atoms with E-state index in [1.54, 1.807) is 37.7 Å². The van der Waals surface area contributed by atoms with Gasteiger partial charge in [0.25, 0.3) is 5.56 Å². The third-order valence-corrected chi connectivity index (χ3v) is 7.62. The van der Waals surface area contributed by atoms with Gasteiger partial charge >= 0.3 is 5.97 Å². The van der Waals surface area contributed by atoms with Crippen molar-refractivity contribution in [2.24, 2.45) is 4.99 Å². The summed E-state index contributed by atoms with van der Waals surface area (Å²) in [6.45, 7) is 3.68. The summed E-state index contributed by atoms with van der Waals surface area (Å²) in [5.41, 5.74) is 2.05. The molecular formula is C25H22Br2N2O5S. The van der Waals surface area contributed by atoms with Crippen molar-refractivity contribution in [2.75, 3.05) is 20.8 Å². The van der Waals surface area contributed by atoms with Crippen LogP contribution in [0.5, 0.6) is 11.5 Å². The predicted molar refractivity (Wildman–Crippen MR) is 142 cm³/mol. The van der Waals surface area contributed by atoms with E-state index in [2.05, 4.69) is 36.9 Å². The van der Waals surface area contributed by atoms with Gasteiger partial charge in [0.2, 0.25) is 0 Å². The molecule has 2 aromatic carbocycles. The SMILES string of the molecule is CCOC(=O)C1=C(C)N=c2s/c(=C\c3cccc(Br)c3)c(=O)n2[C@@H]1c1cc(OC)c(OC)cc1Br. The van der Waals surface area contributed by atoms with Crippen molar-refractivity contribution >= 4 is 55.2 Å². The first-order valence-corrected chi connectivity index (χ1v) is 13.1. The molecule has 2 heterocycles. The zero-order chi connectivity index (χ0) is 25.3. The van der Waals surface area contributed by atoms with Gasteiger partial charge in [0, 0.05) is 8.95 Å². The number of fused-ring (bicyclic) bond motifs is 1. The molecule has 0 fully saturated rings. The molecule has 35 heavy (non-hydrogen) atoms. The summed E-state index contributed by atoms with van der Waals surface area (Å²) in [5, 5.41) is 0. The number of allylic oxidation sites excluding steroid dienone is 1. The molecule has 10 heteroatoms. The molecule has 182 valence electrons. The van der Waals surface area contributed by atoms with Crippen LogP contribution in [0.15, 0.2) is 66.4 Å². The van der Waals surface area contributed by atoms with E-state index in [9.17, 15) is 9.59 Å². The number of ether oxygens (including phenoxy) is 3. The molecule has 0 radical (unpaired) electrons. The van der Waals surface area contributed by atoms with E-state index in [1.165, 1.54) is 18.4 Å². The molecule has 4 rings (SSSR count). The minimum atomic E-state index is -0.774. The zero-order valence-electron chi connectivity index (χ0n) is 19.4. The lowest BCUT2D eigenvalue weighted by Crippen LogP contribution is -2.40. The zero-order valence-corrected chi connectivity index (χ0v) is 23.4. The summed E-state index contributed by atoms with van der Waals surface area (Å²) >= 11 is 8.34. The Bertz CT molecular complexity index is 1520. The normalized spacial score (nSPS) is 15.5. The third-order valence-electron chi connectivity index (χ3n) is 5.46. The first-order chi connectivity index (χ1) is 16.8. The van der Waals surface area contributed by atoms with Gasteiger partial charge in [-0.15, -0.1) is 0 Å². The van der Waals surface area contributed by atoms with Gasteiger partial charge < -0.3 is 14.2 Å². The van der Waals surface area contributed by atoms with Crippen LogP contribution in [0.4, 0.5) is 0 Å². The fourth-order valence-corrected chi connectivity index (χ4v) is 5.92. The smallest absolute Gasteiger partial charge is 0.338 e. The van der Waals surface area contributed by atoms with Crippen LogP contribution >= 0.6 is 43.2 Å².